The molecule has 4 heteroatoms. The van der Waals surface area contributed by atoms with Crippen molar-refractivity contribution in [2.24, 2.45) is 0 Å². The quantitative estimate of drug-likeness (QED) is 0.603. The van der Waals surface area contributed by atoms with Crippen LogP contribution in [0.4, 0.5) is 0 Å². The Labute approximate surface area is 175 Å². The second-order valence-electron chi connectivity index (χ2n) is 8.36. The topological polar surface area (TPSA) is 40.6 Å². The molecule has 3 aromatic carbocycles. The van der Waals surface area contributed by atoms with Gasteiger partial charge in [0.2, 0.25) is 5.91 Å². The summed E-state index contributed by atoms with van der Waals surface area (Å²) in [6.45, 7) is 0.499. The van der Waals surface area contributed by atoms with Gasteiger partial charge < -0.3 is 9.80 Å². The molecule has 1 fully saturated rings. The van der Waals surface area contributed by atoms with Crippen molar-refractivity contribution >= 4 is 11.8 Å². The van der Waals surface area contributed by atoms with Gasteiger partial charge in [-0.05, 0) is 34.7 Å². The van der Waals surface area contributed by atoms with E-state index in [1.54, 1.807) is 0 Å². The molecule has 3 aromatic rings. The summed E-state index contributed by atoms with van der Waals surface area (Å²) >= 11 is 0. The number of nitrogens with zero attached hydrogens (tertiary/aromatic N) is 2. The molecule has 30 heavy (non-hydrogen) atoms. The zero-order valence-electron chi connectivity index (χ0n) is 16.6. The van der Waals surface area contributed by atoms with Crippen molar-refractivity contribution in [1.29, 1.82) is 0 Å². The van der Waals surface area contributed by atoms with E-state index < -0.39 is 0 Å². The van der Waals surface area contributed by atoms with E-state index in [1.165, 1.54) is 5.56 Å². The summed E-state index contributed by atoms with van der Waals surface area (Å²) in [4.78, 5) is 30.6. The van der Waals surface area contributed by atoms with E-state index in [1.807, 2.05) is 58.3 Å². The van der Waals surface area contributed by atoms with Crippen LogP contribution in [-0.4, -0.2) is 28.2 Å². The Kier molecular flexibility index (Phi) is 3.82. The Balaban J connectivity index is 1.60. The molecule has 3 heterocycles. The minimum absolute atomic E-state index is 0.0453. The van der Waals surface area contributed by atoms with Crippen LogP contribution in [0.3, 0.4) is 0 Å². The van der Waals surface area contributed by atoms with E-state index in [0.29, 0.717) is 13.0 Å². The number of hydrogen-bond acceptors (Lipinski definition) is 2. The average Bonchev–Trinajstić information content (AvgIpc) is 3.28. The summed E-state index contributed by atoms with van der Waals surface area (Å²) < 4.78 is 0. The number of carbonyl (C=O) groups excluding carboxylic acids is 2. The second kappa shape index (κ2) is 6.56. The van der Waals surface area contributed by atoms with Crippen LogP contribution in [0.15, 0.2) is 78.9 Å². The Bertz CT molecular complexity index is 1160. The third-order valence-corrected chi connectivity index (χ3v) is 6.85. The highest BCUT2D eigenvalue weighted by Gasteiger charge is 2.47. The van der Waals surface area contributed by atoms with Crippen LogP contribution < -0.4 is 0 Å². The van der Waals surface area contributed by atoms with E-state index >= 15 is 0 Å². The molecule has 0 bridgehead atoms. The van der Waals surface area contributed by atoms with Crippen molar-refractivity contribution in [2.45, 2.75) is 31.0 Å². The van der Waals surface area contributed by atoms with Gasteiger partial charge in [-0.3, -0.25) is 9.59 Å². The van der Waals surface area contributed by atoms with E-state index in [9.17, 15) is 9.59 Å². The first-order valence-corrected chi connectivity index (χ1v) is 10.6. The van der Waals surface area contributed by atoms with Crippen molar-refractivity contribution in [3.63, 3.8) is 0 Å². The molecule has 3 atom stereocenters. The molecule has 4 nitrogen and oxygen atoms in total. The maximum absolute atomic E-state index is 13.5. The van der Waals surface area contributed by atoms with Crippen LogP contribution in [0.2, 0.25) is 0 Å². The smallest absolute Gasteiger partial charge is 0.255 e. The first-order valence-electron chi connectivity index (χ1n) is 10.6. The van der Waals surface area contributed by atoms with Crippen molar-refractivity contribution in [3.8, 4) is 0 Å². The highest BCUT2D eigenvalue weighted by Crippen LogP contribution is 2.49. The number of rotatable bonds is 1. The van der Waals surface area contributed by atoms with Crippen LogP contribution in [0.25, 0.3) is 0 Å². The predicted molar refractivity (Wildman–Crippen MR) is 114 cm³/mol. The molecule has 0 saturated carbocycles. The molecular formula is C26H22N2O2. The molecule has 3 aliphatic heterocycles. The lowest BCUT2D eigenvalue weighted by atomic mass is 9.87. The molecule has 1 saturated heterocycles. The molecule has 6 rings (SSSR count). The normalized spacial score (nSPS) is 24.6. The highest BCUT2D eigenvalue weighted by molar-refractivity contribution is 6.00. The average molecular weight is 394 g/mol. The fraction of sp³-hybridized carbons (Fsp3) is 0.231. The van der Waals surface area contributed by atoms with E-state index in [-0.39, 0.29) is 29.9 Å². The van der Waals surface area contributed by atoms with Crippen LogP contribution >= 0.6 is 0 Å². The minimum Gasteiger partial charge on any atom is -0.327 e. The summed E-state index contributed by atoms with van der Waals surface area (Å²) in [7, 11) is 0. The Morgan fingerprint density at radius 2 is 1.37 bits per heavy atom. The highest BCUT2D eigenvalue weighted by atomic mass is 16.2. The van der Waals surface area contributed by atoms with Crippen molar-refractivity contribution < 1.29 is 9.59 Å². The number of amides is 2. The molecule has 2 amide bonds. The Morgan fingerprint density at radius 3 is 2.17 bits per heavy atom. The van der Waals surface area contributed by atoms with Crippen LogP contribution in [0.5, 0.6) is 0 Å². The molecule has 0 spiro atoms. The van der Waals surface area contributed by atoms with Crippen molar-refractivity contribution in [1.82, 2.24) is 9.80 Å². The minimum atomic E-state index is -0.152. The lowest BCUT2D eigenvalue weighted by molar-refractivity contribution is -0.132. The Hall–Kier alpha value is -3.40. The summed E-state index contributed by atoms with van der Waals surface area (Å²) in [6, 6.07) is 26.2. The van der Waals surface area contributed by atoms with Crippen molar-refractivity contribution in [2.75, 3.05) is 6.54 Å². The van der Waals surface area contributed by atoms with Gasteiger partial charge in [0, 0.05) is 18.5 Å². The fourth-order valence-electron chi connectivity index (χ4n) is 5.57. The third-order valence-electron chi connectivity index (χ3n) is 6.85. The molecule has 0 radical (unpaired) electrons. The standard InChI is InChI=1S/C26H22N2O2/c29-24-15-14-22-18-10-4-5-11-19(18)25-20-12-6-7-13-21(20)26(30)27(25)16-23(28(22)24)17-8-2-1-3-9-17/h1-13,22-23,25H,14-16H2/t22-,23-,25+/m0/s1. The van der Waals surface area contributed by atoms with Gasteiger partial charge in [0.05, 0.1) is 18.1 Å². The van der Waals surface area contributed by atoms with E-state index in [4.69, 9.17) is 0 Å². The number of fused-ring (bicyclic) bond motifs is 7. The van der Waals surface area contributed by atoms with Crippen LogP contribution in [0.1, 0.15) is 63.6 Å². The lowest BCUT2D eigenvalue weighted by Gasteiger charge is -2.42. The van der Waals surface area contributed by atoms with Gasteiger partial charge in [-0.25, -0.2) is 0 Å². The first-order chi connectivity index (χ1) is 14.7. The second-order valence-corrected chi connectivity index (χ2v) is 8.36. The lowest BCUT2D eigenvalue weighted by Crippen LogP contribution is -2.44. The third kappa shape index (κ3) is 2.40. The summed E-state index contributed by atoms with van der Waals surface area (Å²) in [5, 5.41) is 0. The summed E-state index contributed by atoms with van der Waals surface area (Å²) in [6.07, 6.45) is 1.37. The summed E-state index contributed by atoms with van der Waals surface area (Å²) in [5.41, 5.74) is 5.24. The molecule has 148 valence electrons. The van der Waals surface area contributed by atoms with E-state index in [2.05, 4.69) is 30.3 Å². The maximum Gasteiger partial charge on any atom is 0.255 e. The van der Waals surface area contributed by atoms with Gasteiger partial charge in [-0.15, -0.1) is 0 Å². The van der Waals surface area contributed by atoms with Gasteiger partial charge in [0.15, 0.2) is 0 Å². The predicted octanol–water partition coefficient (Wildman–Crippen LogP) is 4.65. The van der Waals surface area contributed by atoms with Gasteiger partial charge >= 0.3 is 0 Å². The molecule has 0 N–H and O–H groups in total. The number of carbonyl (C=O) groups is 2. The molecule has 3 aliphatic rings. The molecule has 0 aromatic heterocycles. The van der Waals surface area contributed by atoms with Gasteiger partial charge in [0.1, 0.15) is 0 Å². The fourth-order valence-corrected chi connectivity index (χ4v) is 5.57. The zero-order chi connectivity index (χ0) is 20.2. The van der Waals surface area contributed by atoms with Crippen molar-refractivity contribution in [3.05, 3.63) is 107 Å². The van der Waals surface area contributed by atoms with Gasteiger partial charge in [-0.1, -0.05) is 72.8 Å². The molecule has 0 aliphatic carbocycles. The molecule has 0 unspecified atom stereocenters. The monoisotopic (exact) mass is 394 g/mol. The van der Waals surface area contributed by atoms with Crippen LogP contribution in [-0.2, 0) is 4.79 Å². The van der Waals surface area contributed by atoms with E-state index in [0.717, 1.165) is 28.7 Å². The summed E-state index contributed by atoms with van der Waals surface area (Å²) in [5.74, 6) is 0.225. The SMILES string of the molecule is O=C1c2ccccc2[C@H]2c3ccccc3[C@@H]3CCC(=O)N3[C@H](c3ccccc3)CN12. The number of benzene rings is 3. The number of hydrogen-bond donors (Lipinski definition) is 0. The maximum atomic E-state index is 13.5. The first kappa shape index (κ1) is 17.5. The Morgan fingerprint density at radius 1 is 0.700 bits per heavy atom. The zero-order valence-corrected chi connectivity index (χ0v) is 16.6. The largest absolute Gasteiger partial charge is 0.327 e. The van der Waals surface area contributed by atoms with Gasteiger partial charge in [-0.2, -0.15) is 0 Å². The van der Waals surface area contributed by atoms with Crippen LogP contribution in [0, 0.1) is 0 Å². The van der Waals surface area contributed by atoms with Gasteiger partial charge in [0.25, 0.3) is 5.91 Å². The molecular weight excluding hydrogens is 372 g/mol.